The minimum atomic E-state index is -0.334. The second kappa shape index (κ2) is 9.31. The third kappa shape index (κ3) is 4.34. The Morgan fingerprint density at radius 2 is 1.92 bits per heavy atom. The number of nitrogens with one attached hydrogen (secondary N) is 2. The van der Waals surface area contributed by atoms with Crippen LogP contribution in [0.4, 0.5) is 0 Å². The molecular formula is C28H24N6O2. The van der Waals surface area contributed by atoms with Crippen molar-refractivity contribution in [3.05, 3.63) is 84.6 Å². The summed E-state index contributed by atoms with van der Waals surface area (Å²) in [6.07, 6.45) is 5.83. The number of esters is 1. The molecule has 8 heteroatoms. The van der Waals surface area contributed by atoms with Crippen LogP contribution in [0.25, 0.3) is 44.8 Å². The number of aromatic amines is 1. The van der Waals surface area contributed by atoms with E-state index >= 15 is 0 Å². The molecule has 1 aromatic carbocycles. The summed E-state index contributed by atoms with van der Waals surface area (Å²) in [4.78, 5) is 34.2. The molecule has 0 radical (unpaired) electrons. The zero-order chi connectivity index (χ0) is 24.5. The van der Waals surface area contributed by atoms with Crippen molar-refractivity contribution >= 4 is 16.9 Å². The Labute approximate surface area is 207 Å². The number of rotatable bonds is 5. The van der Waals surface area contributed by atoms with Gasteiger partial charge in [-0.2, -0.15) is 0 Å². The van der Waals surface area contributed by atoms with E-state index in [1.54, 1.807) is 30.9 Å². The van der Waals surface area contributed by atoms with Gasteiger partial charge < -0.3 is 15.0 Å². The van der Waals surface area contributed by atoms with Gasteiger partial charge in [0.25, 0.3) is 0 Å². The SMILES string of the molecule is Cc1cccc(-c2[nH]cnc2-c2ccc3ncc(-c4cc(C(=O)O[C@@H]5CCNC5)ccn4)cc3c2)n1. The first-order valence-electron chi connectivity index (χ1n) is 11.9. The summed E-state index contributed by atoms with van der Waals surface area (Å²) in [5.41, 5.74) is 7.26. The zero-order valence-corrected chi connectivity index (χ0v) is 19.7. The van der Waals surface area contributed by atoms with E-state index in [0.29, 0.717) is 17.8 Å². The van der Waals surface area contributed by atoms with Gasteiger partial charge in [-0.25, -0.2) is 9.78 Å². The summed E-state index contributed by atoms with van der Waals surface area (Å²) in [6.45, 7) is 3.53. The van der Waals surface area contributed by atoms with Gasteiger partial charge in [0.2, 0.25) is 0 Å². The van der Waals surface area contributed by atoms with Crippen LogP contribution in [0, 0.1) is 6.92 Å². The average Bonchev–Trinajstić information content (AvgIpc) is 3.61. The fourth-order valence-electron chi connectivity index (χ4n) is 4.47. The van der Waals surface area contributed by atoms with Crippen molar-refractivity contribution in [1.29, 1.82) is 0 Å². The number of hydrogen-bond donors (Lipinski definition) is 2. The van der Waals surface area contributed by atoms with Crippen molar-refractivity contribution in [3.63, 3.8) is 0 Å². The van der Waals surface area contributed by atoms with E-state index < -0.39 is 0 Å². The Balaban J connectivity index is 1.33. The number of carbonyl (C=O) groups is 1. The minimum Gasteiger partial charge on any atom is -0.457 e. The third-order valence-corrected chi connectivity index (χ3v) is 6.32. The van der Waals surface area contributed by atoms with Crippen LogP contribution in [0.5, 0.6) is 0 Å². The second-order valence-corrected chi connectivity index (χ2v) is 8.87. The summed E-state index contributed by atoms with van der Waals surface area (Å²) < 4.78 is 5.61. The van der Waals surface area contributed by atoms with Gasteiger partial charge in [0.1, 0.15) is 6.10 Å². The van der Waals surface area contributed by atoms with Crippen LogP contribution in [0.3, 0.4) is 0 Å². The number of carbonyl (C=O) groups excluding carboxylic acids is 1. The zero-order valence-electron chi connectivity index (χ0n) is 19.7. The van der Waals surface area contributed by atoms with Crippen molar-refractivity contribution in [2.24, 2.45) is 0 Å². The van der Waals surface area contributed by atoms with E-state index in [-0.39, 0.29) is 12.1 Å². The van der Waals surface area contributed by atoms with Crippen molar-refractivity contribution in [1.82, 2.24) is 30.2 Å². The Morgan fingerprint density at radius 1 is 1.00 bits per heavy atom. The molecule has 1 atom stereocenters. The molecule has 0 saturated carbocycles. The number of imidazole rings is 1. The molecule has 0 spiro atoms. The summed E-state index contributed by atoms with van der Waals surface area (Å²) in [6, 6.07) is 17.4. The smallest absolute Gasteiger partial charge is 0.338 e. The number of H-pyrrole nitrogens is 1. The number of ether oxygens (including phenoxy) is 1. The first-order chi connectivity index (χ1) is 17.6. The van der Waals surface area contributed by atoms with Gasteiger partial charge in [-0.15, -0.1) is 0 Å². The first-order valence-corrected chi connectivity index (χ1v) is 11.9. The molecule has 1 aliphatic heterocycles. The predicted octanol–water partition coefficient (Wildman–Crippen LogP) is 4.58. The number of fused-ring (bicyclic) bond motifs is 1. The maximum Gasteiger partial charge on any atom is 0.338 e. The summed E-state index contributed by atoms with van der Waals surface area (Å²) in [5.74, 6) is -0.334. The van der Waals surface area contributed by atoms with Crippen molar-refractivity contribution in [3.8, 4) is 33.9 Å². The molecule has 0 amide bonds. The number of aromatic nitrogens is 5. The summed E-state index contributed by atoms with van der Waals surface area (Å²) >= 11 is 0. The van der Waals surface area contributed by atoms with E-state index in [1.807, 2.05) is 43.3 Å². The van der Waals surface area contributed by atoms with Crippen LogP contribution < -0.4 is 5.32 Å². The number of nitrogens with zero attached hydrogens (tertiary/aromatic N) is 4. The lowest BCUT2D eigenvalue weighted by Crippen LogP contribution is -2.20. The van der Waals surface area contributed by atoms with Crippen LogP contribution in [0.1, 0.15) is 22.5 Å². The molecule has 1 saturated heterocycles. The topological polar surface area (TPSA) is 106 Å². The highest BCUT2D eigenvalue weighted by Crippen LogP contribution is 2.31. The molecular weight excluding hydrogens is 452 g/mol. The molecule has 2 N–H and O–H groups in total. The van der Waals surface area contributed by atoms with Gasteiger partial charge in [0, 0.05) is 41.1 Å². The van der Waals surface area contributed by atoms with Gasteiger partial charge in [-0.05, 0) is 62.4 Å². The third-order valence-electron chi connectivity index (χ3n) is 6.32. The fourth-order valence-corrected chi connectivity index (χ4v) is 4.47. The van der Waals surface area contributed by atoms with E-state index in [4.69, 9.17) is 4.74 Å². The van der Waals surface area contributed by atoms with Gasteiger partial charge in [0.15, 0.2) is 0 Å². The molecule has 4 aromatic heterocycles. The van der Waals surface area contributed by atoms with Crippen LogP contribution in [-0.2, 0) is 4.74 Å². The molecule has 36 heavy (non-hydrogen) atoms. The Kier molecular flexibility index (Phi) is 5.71. The maximum absolute atomic E-state index is 12.6. The highest BCUT2D eigenvalue weighted by molar-refractivity contribution is 5.92. The predicted molar refractivity (Wildman–Crippen MR) is 137 cm³/mol. The number of pyridine rings is 3. The highest BCUT2D eigenvalue weighted by atomic mass is 16.5. The van der Waals surface area contributed by atoms with Crippen LogP contribution >= 0.6 is 0 Å². The van der Waals surface area contributed by atoms with Gasteiger partial charge in [0.05, 0.1) is 40.2 Å². The molecule has 178 valence electrons. The van der Waals surface area contributed by atoms with Crippen molar-refractivity contribution in [2.75, 3.05) is 13.1 Å². The Morgan fingerprint density at radius 3 is 2.78 bits per heavy atom. The lowest BCUT2D eigenvalue weighted by Gasteiger charge is -2.11. The molecule has 1 fully saturated rings. The van der Waals surface area contributed by atoms with Crippen molar-refractivity contribution < 1.29 is 9.53 Å². The number of aryl methyl sites for hydroxylation is 1. The standard InChI is InChI=1S/C28H24N6O2/c1-17-3-2-4-24(34-17)27-26(32-16-33-27)18-5-6-23-20(11-18)12-21(14-31-23)25-13-19(7-10-30-25)28(35)36-22-8-9-29-15-22/h2-7,10-14,16,22,29H,8-9,15H2,1H3,(H,32,33)/t22-/m1/s1. The molecule has 6 rings (SSSR count). The van der Waals surface area contributed by atoms with Gasteiger partial charge in [-0.1, -0.05) is 12.1 Å². The quantitative estimate of drug-likeness (QED) is 0.358. The number of benzene rings is 1. The first kappa shape index (κ1) is 22.1. The van der Waals surface area contributed by atoms with E-state index in [1.165, 1.54) is 0 Å². The summed E-state index contributed by atoms with van der Waals surface area (Å²) in [7, 11) is 0. The second-order valence-electron chi connectivity index (χ2n) is 8.87. The van der Waals surface area contributed by atoms with Crippen molar-refractivity contribution in [2.45, 2.75) is 19.4 Å². The fraction of sp³-hybridized carbons (Fsp3) is 0.179. The molecule has 0 aliphatic carbocycles. The van der Waals surface area contributed by atoms with Gasteiger partial charge in [-0.3, -0.25) is 15.0 Å². The average molecular weight is 477 g/mol. The molecule has 8 nitrogen and oxygen atoms in total. The van der Waals surface area contributed by atoms with Crippen LogP contribution in [-0.4, -0.2) is 50.1 Å². The largest absolute Gasteiger partial charge is 0.457 e. The Hall–Kier alpha value is -4.43. The normalized spacial score (nSPS) is 15.3. The molecule has 0 unspecified atom stereocenters. The molecule has 5 heterocycles. The van der Waals surface area contributed by atoms with E-state index in [9.17, 15) is 4.79 Å². The lowest BCUT2D eigenvalue weighted by atomic mass is 10.0. The van der Waals surface area contributed by atoms with E-state index in [2.05, 4.69) is 36.3 Å². The highest BCUT2D eigenvalue weighted by Gasteiger charge is 2.20. The van der Waals surface area contributed by atoms with Crippen LogP contribution in [0.2, 0.25) is 0 Å². The van der Waals surface area contributed by atoms with Gasteiger partial charge >= 0.3 is 5.97 Å². The lowest BCUT2D eigenvalue weighted by molar-refractivity contribution is 0.0344. The van der Waals surface area contributed by atoms with Crippen LogP contribution in [0.15, 0.2) is 73.3 Å². The number of hydrogen-bond acceptors (Lipinski definition) is 7. The molecule has 0 bridgehead atoms. The summed E-state index contributed by atoms with van der Waals surface area (Å²) in [5, 5.41) is 4.15. The monoisotopic (exact) mass is 476 g/mol. The Bertz CT molecular complexity index is 1570. The molecule has 1 aliphatic rings. The molecule has 5 aromatic rings. The minimum absolute atomic E-state index is 0.0863. The maximum atomic E-state index is 12.6. The van der Waals surface area contributed by atoms with E-state index in [0.717, 1.165) is 57.8 Å².